The highest BCUT2D eigenvalue weighted by atomic mass is 16.5. The Balaban J connectivity index is 2.03. The zero-order chi connectivity index (χ0) is 22.3. The molecule has 0 radical (unpaired) electrons. The van der Waals surface area contributed by atoms with Crippen LogP contribution in [0.3, 0.4) is 0 Å². The van der Waals surface area contributed by atoms with Crippen LogP contribution in [0.1, 0.15) is 51.7 Å². The minimum Gasteiger partial charge on any atom is -0.493 e. The highest BCUT2D eigenvalue weighted by Gasteiger charge is 2.33. The van der Waals surface area contributed by atoms with E-state index in [1.807, 2.05) is 19.9 Å². The third kappa shape index (κ3) is 6.85. The van der Waals surface area contributed by atoms with E-state index in [4.69, 9.17) is 19.9 Å². The second-order valence-corrected chi connectivity index (χ2v) is 9.11. The summed E-state index contributed by atoms with van der Waals surface area (Å²) in [5.74, 6) is 2.27. The molecule has 1 aromatic rings. The molecule has 0 bridgehead atoms. The Morgan fingerprint density at radius 2 is 1.90 bits per heavy atom. The van der Waals surface area contributed by atoms with Gasteiger partial charge in [-0.15, -0.1) is 0 Å². The number of nitrogens with two attached hydrogens (primary N) is 1. The van der Waals surface area contributed by atoms with E-state index in [-0.39, 0.29) is 23.8 Å². The zero-order valence-electron chi connectivity index (χ0n) is 19.4. The lowest BCUT2D eigenvalue weighted by Gasteiger charge is -2.25. The summed E-state index contributed by atoms with van der Waals surface area (Å²) in [7, 11) is 1.70. The van der Waals surface area contributed by atoms with Crippen LogP contribution in [0, 0.1) is 30.6 Å². The molecule has 5 heteroatoms. The van der Waals surface area contributed by atoms with Gasteiger partial charge in [0.25, 0.3) is 0 Å². The summed E-state index contributed by atoms with van der Waals surface area (Å²) in [6.07, 6.45) is 4.48. The number of benzene rings is 1. The topological polar surface area (TPSA) is 70.8 Å². The summed E-state index contributed by atoms with van der Waals surface area (Å²) in [5.41, 5.74) is 8.84. The van der Waals surface area contributed by atoms with Gasteiger partial charge in [-0.1, -0.05) is 39.8 Å². The van der Waals surface area contributed by atoms with Crippen molar-refractivity contribution in [1.29, 1.82) is 0 Å². The molecule has 2 rings (SSSR count). The molecule has 0 spiro atoms. The lowest BCUT2D eigenvalue weighted by Crippen LogP contribution is -2.29. The predicted molar refractivity (Wildman–Crippen MR) is 120 cm³/mol. The van der Waals surface area contributed by atoms with E-state index in [2.05, 4.69) is 39.0 Å². The van der Waals surface area contributed by atoms with Gasteiger partial charge in [-0.3, -0.25) is 4.79 Å². The van der Waals surface area contributed by atoms with Gasteiger partial charge in [0.05, 0.1) is 18.6 Å². The van der Waals surface area contributed by atoms with E-state index < -0.39 is 0 Å². The molecule has 0 saturated heterocycles. The molecule has 1 aromatic carbocycles. The lowest BCUT2D eigenvalue weighted by molar-refractivity contribution is -0.141. The van der Waals surface area contributed by atoms with E-state index in [0.29, 0.717) is 30.8 Å². The van der Waals surface area contributed by atoms with Gasteiger partial charge >= 0.3 is 5.97 Å². The Bertz CT molecular complexity index is 726. The number of ether oxygens (including phenoxy) is 3. The molecule has 1 aliphatic heterocycles. The summed E-state index contributed by atoms with van der Waals surface area (Å²) in [5, 5.41) is 0. The van der Waals surface area contributed by atoms with Crippen molar-refractivity contribution in [2.45, 2.75) is 59.9 Å². The van der Waals surface area contributed by atoms with Crippen molar-refractivity contribution in [3.05, 3.63) is 41.2 Å². The van der Waals surface area contributed by atoms with Crippen LogP contribution in [0.5, 0.6) is 5.75 Å². The van der Waals surface area contributed by atoms with Gasteiger partial charge in [-0.2, -0.15) is 0 Å². The summed E-state index contributed by atoms with van der Waals surface area (Å²) in [6, 6.07) is 6.17. The first-order chi connectivity index (χ1) is 14.2. The number of hydrogen-bond acceptors (Lipinski definition) is 5. The molecule has 1 aliphatic rings. The van der Waals surface area contributed by atoms with Crippen molar-refractivity contribution in [2.75, 3.05) is 20.3 Å². The first-order valence-corrected chi connectivity index (χ1v) is 11.1. The largest absolute Gasteiger partial charge is 0.493 e. The van der Waals surface area contributed by atoms with E-state index in [9.17, 15) is 4.79 Å². The smallest absolute Gasteiger partial charge is 0.318 e. The summed E-state index contributed by atoms with van der Waals surface area (Å²) >= 11 is 0. The monoisotopic (exact) mass is 417 g/mol. The molecule has 0 saturated carbocycles. The van der Waals surface area contributed by atoms with Gasteiger partial charge in [0, 0.05) is 20.1 Å². The quantitative estimate of drug-likeness (QED) is 0.396. The summed E-state index contributed by atoms with van der Waals surface area (Å²) < 4.78 is 16.5. The Hall–Kier alpha value is -1.85. The fourth-order valence-corrected chi connectivity index (χ4v) is 3.78. The lowest BCUT2D eigenvalue weighted by atomic mass is 9.83. The number of cyclic esters (lactones) is 1. The van der Waals surface area contributed by atoms with Crippen LogP contribution in [0.25, 0.3) is 0 Å². The molecule has 168 valence electrons. The Kier molecular flexibility index (Phi) is 9.37. The molecule has 3 atom stereocenters. The normalized spacial score (nSPS) is 18.5. The molecular formula is C25H39NO4. The van der Waals surface area contributed by atoms with Crippen LogP contribution in [-0.2, 0) is 20.7 Å². The van der Waals surface area contributed by atoms with Crippen LogP contribution in [0.4, 0.5) is 0 Å². The van der Waals surface area contributed by atoms with Crippen molar-refractivity contribution >= 4 is 5.97 Å². The number of esters is 1. The van der Waals surface area contributed by atoms with Gasteiger partial charge in [0.1, 0.15) is 11.5 Å². The maximum atomic E-state index is 12.1. The first-order valence-electron chi connectivity index (χ1n) is 11.1. The Morgan fingerprint density at radius 1 is 1.17 bits per heavy atom. The third-order valence-electron chi connectivity index (χ3n) is 5.92. The van der Waals surface area contributed by atoms with Gasteiger partial charge in [0.15, 0.2) is 0 Å². The average molecular weight is 418 g/mol. The molecular weight excluding hydrogens is 378 g/mol. The van der Waals surface area contributed by atoms with Crippen molar-refractivity contribution in [3.63, 3.8) is 0 Å². The molecule has 5 nitrogen and oxygen atoms in total. The van der Waals surface area contributed by atoms with E-state index in [0.717, 1.165) is 30.6 Å². The van der Waals surface area contributed by atoms with Gasteiger partial charge in [0.2, 0.25) is 0 Å². The average Bonchev–Trinajstić information content (AvgIpc) is 3.09. The third-order valence-corrected chi connectivity index (χ3v) is 5.92. The van der Waals surface area contributed by atoms with E-state index in [1.54, 1.807) is 7.11 Å². The van der Waals surface area contributed by atoms with Gasteiger partial charge in [-0.25, -0.2) is 0 Å². The van der Waals surface area contributed by atoms with Gasteiger partial charge < -0.3 is 19.9 Å². The zero-order valence-corrected chi connectivity index (χ0v) is 19.4. The second kappa shape index (κ2) is 11.5. The number of methoxy groups -OCH3 is 1. The van der Waals surface area contributed by atoms with E-state index >= 15 is 0 Å². The molecule has 0 amide bonds. The number of rotatable bonds is 12. The first kappa shape index (κ1) is 24.4. The van der Waals surface area contributed by atoms with Crippen LogP contribution in [0.15, 0.2) is 30.0 Å². The molecule has 0 aliphatic carbocycles. The van der Waals surface area contributed by atoms with Crippen LogP contribution in [-0.4, -0.2) is 32.3 Å². The Labute approximate surface area is 182 Å². The molecule has 0 aromatic heterocycles. The fraction of sp³-hybridized carbons (Fsp3) is 0.640. The minimum absolute atomic E-state index is 0.176. The maximum Gasteiger partial charge on any atom is 0.318 e. The summed E-state index contributed by atoms with van der Waals surface area (Å²) in [4.78, 5) is 12.1. The molecule has 3 unspecified atom stereocenters. The van der Waals surface area contributed by atoms with Crippen molar-refractivity contribution in [3.8, 4) is 5.75 Å². The molecule has 1 heterocycles. The second-order valence-electron chi connectivity index (χ2n) is 9.11. The fourth-order valence-electron chi connectivity index (χ4n) is 3.78. The number of carbonyl (C=O) groups excluding carboxylic acids is 1. The van der Waals surface area contributed by atoms with Crippen LogP contribution < -0.4 is 10.5 Å². The predicted octanol–water partition coefficient (Wildman–Crippen LogP) is 4.66. The van der Waals surface area contributed by atoms with Crippen LogP contribution in [0.2, 0.25) is 0 Å². The van der Waals surface area contributed by atoms with Crippen LogP contribution >= 0.6 is 0 Å². The highest BCUT2D eigenvalue weighted by Crippen LogP contribution is 2.31. The molecule has 0 fully saturated rings. The van der Waals surface area contributed by atoms with Gasteiger partial charge in [-0.05, 0) is 60.8 Å². The van der Waals surface area contributed by atoms with E-state index in [1.165, 1.54) is 5.56 Å². The maximum absolute atomic E-state index is 12.1. The van der Waals surface area contributed by atoms with Crippen molar-refractivity contribution < 1.29 is 19.0 Å². The van der Waals surface area contributed by atoms with Crippen molar-refractivity contribution in [1.82, 2.24) is 0 Å². The number of carbonyl (C=O) groups is 1. The highest BCUT2D eigenvalue weighted by molar-refractivity contribution is 5.78. The van der Waals surface area contributed by atoms with Crippen molar-refractivity contribution in [2.24, 2.45) is 29.4 Å². The minimum atomic E-state index is -0.264. The summed E-state index contributed by atoms with van der Waals surface area (Å²) in [6.45, 7) is 11.9. The number of hydrogen-bond donors (Lipinski definition) is 1. The Morgan fingerprint density at radius 3 is 2.50 bits per heavy atom. The number of aryl methyl sites for hydroxylation is 1. The SMILES string of the molecule is COCCCOc1cc(CC(CC(N)C2=CC(C(C)C)C(=O)O2)C(C)C)ccc1C. The standard InChI is InChI=1S/C25H39NO4/c1-16(2)20(14-22(26)24-15-21(17(3)4)25(27)30-24)12-19-9-8-18(5)23(13-19)29-11-7-10-28-6/h8-9,13,15-17,20-22H,7,10-12,14,26H2,1-6H3. The molecule has 2 N–H and O–H groups in total. The molecule has 30 heavy (non-hydrogen) atoms.